The first-order chi connectivity index (χ1) is 13.8. The largest absolute Gasteiger partial charge is 0.325 e. The lowest BCUT2D eigenvalue weighted by molar-refractivity contribution is -0.115. The Bertz CT molecular complexity index is 965. The summed E-state index contributed by atoms with van der Waals surface area (Å²) >= 11 is 2.70. The second kappa shape index (κ2) is 9.33. The van der Waals surface area contributed by atoms with E-state index in [0.29, 0.717) is 27.5 Å². The van der Waals surface area contributed by atoms with Gasteiger partial charge in [-0.15, -0.1) is 22.7 Å². The number of thiophene rings is 1. The average molecular weight is 428 g/mol. The highest BCUT2D eigenvalue weighted by Gasteiger charge is 2.17. The molecule has 0 atom stereocenters. The molecule has 0 bridgehead atoms. The van der Waals surface area contributed by atoms with Crippen molar-refractivity contribution in [1.29, 1.82) is 0 Å². The molecule has 152 valence electrons. The van der Waals surface area contributed by atoms with Crippen LogP contribution in [0.1, 0.15) is 66.0 Å². The zero-order valence-corrected chi connectivity index (χ0v) is 18.6. The second-order valence-corrected chi connectivity index (χ2v) is 9.23. The van der Waals surface area contributed by atoms with E-state index in [1.165, 1.54) is 22.7 Å². The summed E-state index contributed by atoms with van der Waals surface area (Å²) in [4.78, 5) is 29.9. The normalized spacial score (nSPS) is 11.1. The van der Waals surface area contributed by atoms with Crippen molar-refractivity contribution in [2.75, 3.05) is 10.6 Å². The number of amides is 2. The van der Waals surface area contributed by atoms with E-state index in [2.05, 4.69) is 55.4 Å². The van der Waals surface area contributed by atoms with Gasteiger partial charge in [-0.1, -0.05) is 52.0 Å². The summed E-state index contributed by atoms with van der Waals surface area (Å²) in [5.41, 5.74) is 3.81. The summed E-state index contributed by atoms with van der Waals surface area (Å²) in [6.45, 7) is 8.49. The Morgan fingerprint density at radius 2 is 1.66 bits per heavy atom. The van der Waals surface area contributed by atoms with Gasteiger partial charge in [0.2, 0.25) is 5.91 Å². The van der Waals surface area contributed by atoms with Crippen LogP contribution in [-0.2, 0) is 11.2 Å². The zero-order valence-electron chi connectivity index (χ0n) is 17.0. The number of benzene rings is 1. The van der Waals surface area contributed by atoms with E-state index in [1.807, 2.05) is 17.5 Å². The Balaban J connectivity index is 1.69. The van der Waals surface area contributed by atoms with Crippen LogP contribution in [0.4, 0.5) is 10.8 Å². The summed E-state index contributed by atoms with van der Waals surface area (Å²) in [5, 5.41) is 10.0. The fraction of sp³-hybridized carbons (Fsp3) is 0.318. The number of hydrogen-bond acceptors (Lipinski definition) is 5. The molecule has 0 saturated heterocycles. The fourth-order valence-electron chi connectivity index (χ4n) is 3.06. The summed E-state index contributed by atoms with van der Waals surface area (Å²) in [6.07, 6.45) is 0.162. The number of hydrogen-bond donors (Lipinski definition) is 2. The molecular weight excluding hydrogens is 402 g/mol. The molecule has 0 radical (unpaired) electrons. The van der Waals surface area contributed by atoms with Crippen molar-refractivity contribution in [3.63, 3.8) is 0 Å². The Morgan fingerprint density at radius 1 is 0.966 bits per heavy atom. The molecule has 1 aromatic carbocycles. The molecule has 7 heteroatoms. The van der Waals surface area contributed by atoms with E-state index in [-0.39, 0.29) is 18.2 Å². The number of carbonyl (C=O) groups is 2. The summed E-state index contributed by atoms with van der Waals surface area (Å²) in [5.74, 6) is 0.323. The van der Waals surface area contributed by atoms with E-state index >= 15 is 0 Å². The van der Waals surface area contributed by atoms with Gasteiger partial charge >= 0.3 is 0 Å². The number of para-hydroxylation sites is 1. The predicted molar refractivity (Wildman–Crippen MR) is 121 cm³/mol. The molecule has 2 N–H and O–H groups in total. The molecule has 5 nitrogen and oxygen atoms in total. The van der Waals surface area contributed by atoms with Crippen LogP contribution in [0.25, 0.3) is 0 Å². The molecule has 0 unspecified atom stereocenters. The van der Waals surface area contributed by atoms with Crippen molar-refractivity contribution in [3.8, 4) is 0 Å². The van der Waals surface area contributed by atoms with Crippen LogP contribution in [0.15, 0.2) is 41.1 Å². The minimum atomic E-state index is -0.183. The maximum atomic E-state index is 12.7. The van der Waals surface area contributed by atoms with Gasteiger partial charge in [-0.05, 0) is 34.4 Å². The van der Waals surface area contributed by atoms with Crippen LogP contribution >= 0.6 is 22.7 Å². The molecular formula is C22H25N3O2S2. The fourth-order valence-corrected chi connectivity index (χ4v) is 4.38. The molecule has 2 heterocycles. The maximum absolute atomic E-state index is 12.7. The molecule has 3 rings (SSSR count). The number of nitrogens with zero attached hydrogens (tertiary/aromatic N) is 1. The molecule has 0 saturated carbocycles. The van der Waals surface area contributed by atoms with Crippen LogP contribution in [0.3, 0.4) is 0 Å². The van der Waals surface area contributed by atoms with Crippen molar-refractivity contribution in [3.05, 3.63) is 62.8 Å². The lowest BCUT2D eigenvalue weighted by Gasteiger charge is -2.20. The number of thiazole rings is 1. The molecule has 29 heavy (non-hydrogen) atoms. The van der Waals surface area contributed by atoms with Gasteiger partial charge in [0.05, 0.1) is 17.0 Å². The van der Waals surface area contributed by atoms with Crippen LogP contribution in [0.2, 0.25) is 0 Å². The van der Waals surface area contributed by atoms with Gasteiger partial charge in [0.15, 0.2) is 5.13 Å². The topological polar surface area (TPSA) is 71.1 Å². The highest BCUT2D eigenvalue weighted by Crippen LogP contribution is 2.32. The summed E-state index contributed by atoms with van der Waals surface area (Å²) in [7, 11) is 0. The first kappa shape index (κ1) is 21.2. The third-order valence-corrected chi connectivity index (χ3v) is 6.17. The minimum Gasteiger partial charge on any atom is -0.325 e. The lowest BCUT2D eigenvalue weighted by Crippen LogP contribution is -2.18. The van der Waals surface area contributed by atoms with E-state index in [0.717, 1.165) is 16.8 Å². The van der Waals surface area contributed by atoms with Crippen molar-refractivity contribution < 1.29 is 9.59 Å². The molecule has 2 aromatic heterocycles. The van der Waals surface area contributed by atoms with Crippen molar-refractivity contribution in [2.45, 2.75) is 46.0 Å². The Labute approximate surface area is 179 Å². The van der Waals surface area contributed by atoms with E-state index in [4.69, 9.17) is 0 Å². The maximum Gasteiger partial charge on any atom is 0.267 e. The average Bonchev–Trinajstić information content (AvgIpc) is 3.33. The predicted octanol–water partition coefficient (Wildman–Crippen LogP) is 5.88. The van der Waals surface area contributed by atoms with Crippen LogP contribution < -0.4 is 10.6 Å². The van der Waals surface area contributed by atoms with Crippen molar-refractivity contribution in [1.82, 2.24) is 4.98 Å². The number of rotatable bonds is 7. The van der Waals surface area contributed by atoms with Gasteiger partial charge in [-0.3, -0.25) is 14.9 Å². The van der Waals surface area contributed by atoms with Gasteiger partial charge in [0.25, 0.3) is 5.91 Å². The Hall–Kier alpha value is -2.51. The molecule has 0 spiro atoms. The van der Waals surface area contributed by atoms with E-state index in [9.17, 15) is 9.59 Å². The van der Waals surface area contributed by atoms with Gasteiger partial charge in [-0.25, -0.2) is 4.98 Å². The molecule has 0 aliphatic carbocycles. The Kier molecular flexibility index (Phi) is 6.82. The summed E-state index contributed by atoms with van der Waals surface area (Å²) < 4.78 is 0. The minimum absolute atomic E-state index is 0.110. The van der Waals surface area contributed by atoms with Gasteiger partial charge < -0.3 is 5.32 Å². The van der Waals surface area contributed by atoms with Crippen LogP contribution in [0.5, 0.6) is 0 Å². The lowest BCUT2D eigenvalue weighted by atomic mass is 9.92. The van der Waals surface area contributed by atoms with E-state index < -0.39 is 0 Å². The Morgan fingerprint density at radius 3 is 2.24 bits per heavy atom. The van der Waals surface area contributed by atoms with Gasteiger partial charge in [0.1, 0.15) is 0 Å². The monoisotopic (exact) mass is 427 g/mol. The van der Waals surface area contributed by atoms with Crippen LogP contribution in [-0.4, -0.2) is 16.8 Å². The van der Waals surface area contributed by atoms with Crippen molar-refractivity contribution in [2.24, 2.45) is 0 Å². The molecule has 0 aliphatic rings. The number of aromatic nitrogens is 1. The number of anilines is 2. The molecule has 0 fully saturated rings. The van der Waals surface area contributed by atoms with Crippen LogP contribution in [0, 0.1) is 0 Å². The van der Waals surface area contributed by atoms with Gasteiger partial charge in [-0.2, -0.15) is 0 Å². The number of carbonyl (C=O) groups excluding carboxylic acids is 2. The highest BCUT2D eigenvalue weighted by atomic mass is 32.1. The highest BCUT2D eigenvalue weighted by molar-refractivity contribution is 7.14. The third-order valence-electron chi connectivity index (χ3n) is 4.50. The summed E-state index contributed by atoms with van der Waals surface area (Å²) in [6, 6.07) is 9.77. The number of nitrogens with one attached hydrogen (secondary N) is 2. The molecule has 3 aromatic rings. The first-order valence-corrected chi connectivity index (χ1v) is 11.3. The standard InChI is InChI=1S/C22H25N3O2S2/c1-13(2)16-7-5-8-17(14(3)4)20(16)24-19(26)11-15-12-29-22(23-15)25-21(27)18-9-6-10-28-18/h5-10,12-14H,11H2,1-4H3,(H,24,26)(H,23,25,27). The smallest absolute Gasteiger partial charge is 0.267 e. The van der Waals surface area contributed by atoms with E-state index in [1.54, 1.807) is 11.4 Å². The quantitative estimate of drug-likeness (QED) is 0.494. The second-order valence-electron chi connectivity index (χ2n) is 7.42. The van der Waals surface area contributed by atoms with Gasteiger partial charge in [0, 0.05) is 11.1 Å². The third kappa shape index (κ3) is 5.31. The molecule has 2 amide bonds. The molecule has 0 aliphatic heterocycles. The SMILES string of the molecule is CC(C)c1cccc(C(C)C)c1NC(=O)Cc1csc(NC(=O)c2cccs2)n1. The zero-order chi connectivity index (χ0) is 21.0. The van der Waals surface area contributed by atoms with Crippen molar-refractivity contribution >= 4 is 45.3 Å². The first-order valence-electron chi connectivity index (χ1n) is 9.57.